The van der Waals surface area contributed by atoms with E-state index in [0.717, 1.165) is 6.42 Å². The van der Waals surface area contributed by atoms with Gasteiger partial charge in [0.05, 0.1) is 5.66 Å². The van der Waals surface area contributed by atoms with Crippen LogP contribution in [0, 0.1) is 0 Å². The predicted octanol–water partition coefficient (Wildman–Crippen LogP) is 0.275. The summed E-state index contributed by atoms with van der Waals surface area (Å²) in [6.45, 7) is 2.04. The second-order valence-electron chi connectivity index (χ2n) is 3.58. The van der Waals surface area contributed by atoms with Gasteiger partial charge in [0.25, 0.3) is 0 Å². The normalized spacial score (nSPS) is 14.1. The molecule has 0 aliphatic heterocycles. The van der Waals surface area contributed by atoms with Crippen molar-refractivity contribution in [2.45, 2.75) is 31.5 Å². The Morgan fingerprint density at radius 3 is 2.14 bits per heavy atom. The molecule has 0 heterocycles. The van der Waals surface area contributed by atoms with Crippen molar-refractivity contribution in [3.8, 4) is 0 Å². The van der Waals surface area contributed by atoms with Crippen molar-refractivity contribution >= 4 is 16.8 Å². The maximum Gasteiger partial charge on any atom is 0.223 e. The largest absolute Gasteiger partial charge is 0.316 e. The Balaban J connectivity index is 4.21. The molecule has 4 nitrogen and oxygen atoms in total. The first-order valence-electron chi connectivity index (χ1n) is 4.71. The minimum absolute atomic E-state index is 0.0879. The van der Waals surface area contributed by atoms with E-state index in [4.69, 9.17) is 11.6 Å². The number of nitrogens with one attached hydrogen (secondary N) is 3. The third kappa shape index (κ3) is 4.91. The number of rotatable bonds is 7. The zero-order valence-corrected chi connectivity index (χ0v) is 10.0. The summed E-state index contributed by atoms with van der Waals surface area (Å²) in [4.78, 5) is 10.8. The first-order chi connectivity index (χ1) is 6.47. The zero-order valence-electron chi connectivity index (χ0n) is 9.28. The van der Waals surface area contributed by atoms with Crippen molar-refractivity contribution in [3.05, 3.63) is 0 Å². The Morgan fingerprint density at radius 1 is 1.36 bits per heavy atom. The van der Waals surface area contributed by atoms with E-state index in [1.807, 2.05) is 28.1 Å². The highest BCUT2D eigenvalue weighted by atomic mass is 35.5. The topological polar surface area (TPSA) is 53.2 Å². The Morgan fingerprint density at radius 2 is 1.86 bits per heavy atom. The van der Waals surface area contributed by atoms with E-state index < -0.39 is 0 Å². The molecule has 14 heavy (non-hydrogen) atoms. The summed E-state index contributed by atoms with van der Waals surface area (Å²) in [7, 11) is 5.59. The van der Waals surface area contributed by atoms with Crippen LogP contribution in [0.3, 0.4) is 0 Å². The molecule has 0 aliphatic carbocycles. The molecule has 0 rings (SSSR count). The summed E-state index contributed by atoms with van der Waals surface area (Å²) in [6, 6.07) is 0.0879. The molecule has 0 radical (unpaired) electrons. The van der Waals surface area contributed by atoms with Crippen molar-refractivity contribution in [3.63, 3.8) is 0 Å². The van der Waals surface area contributed by atoms with Crippen LogP contribution < -0.4 is 16.0 Å². The van der Waals surface area contributed by atoms with Gasteiger partial charge in [-0.2, -0.15) is 0 Å². The molecule has 0 aromatic carbocycles. The highest BCUT2D eigenvalue weighted by molar-refractivity contribution is 6.63. The average molecular weight is 222 g/mol. The second kappa shape index (κ2) is 6.35. The van der Waals surface area contributed by atoms with Gasteiger partial charge >= 0.3 is 0 Å². The van der Waals surface area contributed by atoms with Crippen LogP contribution in [-0.2, 0) is 4.79 Å². The summed E-state index contributed by atoms with van der Waals surface area (Å²) in [5, 5.41) is 9.09. The Bertz CT molecular complexity index is 183. The minimum Gasteiger partial charge on any atom is -0.316 e. The molecule has 1 unspecified atom stereocenters. The van der Waals surface area contributed by atoms with Crippen LogP contribution in [0.15, 0.2) is 0 Å². The van der Waals surface area contributed by atoms with Crippen LogP contribution in [0.2, 0.25) is 0 Å². The predicted molar refractivity (Wildman–Crippen MR) is 59.5 cm³/mol. The van der Waals surface area contributed by atoms with E-state index in [1.165, 1.54) is 0 Å². The fourth-order valence-electron chi connectivity index (χ4n) is 1.29. The molecular formula is C9H20ClN3O. The van der Waals surface area contributed by atoms with Gasteiger partial charge in [-0.25, -0.2) is 0 Å². The van der Waals surface area contributed by atoms with Crippen molar-refractivity contribution in [2.75, 3.05) is 21.1 Å². The van der Waals surface area contributed by atoms with E-state index in [1.54, 1.807) is 0 Å². The van der Waals surface area contributed by atoms with Crippen LogP contribution in [0.5, 0.6) is 0 Å². The van der Waals surface area contributed by atoms with Crippen molar-refractivity contribution in [2.24, 2.45) is 0 Å². The second-order valence-corrected chi connectivity index (χ2v) is 4.00. The quantitative estimate of drug-likeness (QED) is 0.427. The average Bonchev–Trinajstić information content (AvgIpc) is 2.16. The molecule has 0 fully saturated rings. The van der Waals surface area contributed by atoms with Crippen molar-refractivity contribution in [1.82, 2.24) is 16.0 Å². The number of hydrogen-bond donors (Lipinski definition) is 3. The van der Waals surface area contributed by atoms with E-state index in [-0.39, 0.29) is 16.9 Å². The van der Waals surface area contributed by atoms with Gasteiger partial charge in [0.1, 0.15) is 0 Å². The van der Waals surface area contributed by atoms with E-state index in [0.29, 0.717) is 6.42 Å². The van der Waals surface area contributed by atoms with Gasteiger partial charge < -0.3 is 16.0 Å². The van der Waals surface area contributed by atoms with Gasteiger partial charge in [-0.05, 0) is 46.1 Å². The number of carbonyl (C=O) groups excluding carboxylic acids is 1. The Kier molecular flexibility index (Phi) is 6.27. The Hall–Kier alpha value is -0.160. The van der Waals surface area contributed by atoms with Crippen LogP contribution in [0.4, 0.5) is 0 Å². The summed E-state index contributed by atoms with van der Waals surface area (Å²) in [6.07, 6.45) is 1.13. The highest BCUT2D eigenvalue weighted by Gasteiger charge is 2.24. The lowest BCUT2D eigenvalue weighted by molar-refractivity contribution is -0.112. The van der Waals surface area contributed by atoms with Gasteiger partial charge in [-0.3, -0.25) is 4.79 Å². The number of hydrogen-bond acceptors (Lipinski definition) is 4. The number of carbonyl (C=O) groups is 1. The molecule has 0 bridgehead atoms. The third-order valence-corrected chi connectivity index (χ3v) is 2.73. The molecule has 5 heteroatoms. The SMILES string of the molecule is CNC(CC(=O)Cl)CC(C)(NC)NC. The molecule has 84 valence electrons. The summed E-state index contributed by atoms with van der Waals surface area (Å²) < 4.78 is 0. The summed E-state index contributed by atoms with van der Waals surface area (Å²) >= 11 is 5.35. The molecular weight excluding hydrogens is 202 g/mol. The molecule has 0 aromatic heterocycles. The van der Waals surface area contributed by atoms with Gasteiger partial charge in [-0.15, -0.1) is 0 Å². The lowest BCUT2D eigenvalue weighted by atomic mass is 10.0. The Labute approximate surface area is 90.8 Å². The standard InChI is InChI=1S/C9H20ClN3O/c1-9(12-3,13-4)6-7(11-2)5-8(10)14/h7,11-13H,5-6H2,1-4H3. The minimum atomic E-state index is -0.307. The van der Waals surface area contributed by atoms with Gasteiger partial charge in [-0.1, -0.05) is 0 Å². The summed E-state index contributed by atoms with van der Waals surface area (Å²) in [5.41, 5.74) is -0.181. The molecule has 1 atom stereocenters. The van der Waals surface area contributed by atoms with Crippen LogP contribution in [0.1, 0.15) is 19.8 Å². The van der Waals surface area contributed by atoms with Crippen molar-refractivity contribution in [1.29, 1.82) is 0 Å². The molecule has 0 spiro atoms. The summed E-state index contributed by atoms with van der Waals surface area (Å²) in [5.74, 6) is 0. The fraction of sp³-hybridized carbons (Fsp3) is 0.889. The maximum absolute atomic E-state index is 10.8. The van der Waals surface area contributed by atoms with E-state index >= 15 is 0 Å². The smallest absolute Gasteiger partial charge is 0.223 e. The zero-order chi connectivity index (χ0) is 11.2. The molecule has 0 aliphatic rings. The lowest BCUT2D eigenvalue weighted by Crippen LogP contribution is -2.54. The van der Waals surface area contributed by atoms with Crippen LogP contribution in [-0.4, -0.2) is 38.1 Å². The first-order valence-corrected chi connectivity index (χ1v) is 5.08. The van der Waals surface area contributed by atoms with Gasteiger partial charge in [0.2, 0.25) is 5.24 Å². The molecule has 3 N–H and O–H groups in total. The third-order valence-electron chi connectivity index (χ3n) is 2.57. The molecule has 0 aromatic rings. The lowest BCUT2D eigenvalue weighted by Gasteiger charge is -2.32. The first kappa shape index (κ1) is 13.8. The highest BCUT2D eigenvalue weighted by Crippen LogP contribution is 2.11. The maximum atomic E-state index is 10.8. The van der Waals surface area contributed by atoms with Crippen LogP contribution >= 0.6 is 11.6 Å². The van der Waals surface area contributed by atoms with E-state index in [9.17, 15) is 4.79 Å². The van der Waals surface area contributed by atoms with Crippen molar-refractivity contribution < 1.29 is 4.79 Å². The van der Waals surface area contributed by atoms with Crippen LogP contribution in [0.25, 0.3) is 0 Å². The monoisotopic (exact) mass is 221 g/mol. The molecule has 0 amide bonds. The van der Waals surface area contributed by atoms with E-state index in [2.05, 4.69) is 16.0 Å². The molecule has 0 saturated carbocycles. The van der Waals surface area contributed by atoms with Gasteiger partial charge in [0.15, 0.2) is 0 Å². The molecule has 0 saturated heterocycles. The fourth-order valence-corrected chi connectivity index (χ4v) is 1.48. The van der Waals surface area contributed by atoms with Gasteiger partial charge in [0, 0.05) is 12.5 Å². The number of halogens is 1.